The summed E-state index contributed by atoms with van der Waals surface area (Å²) in [6.45, 7) is 18.4. The Hall–Kier alpha value is -4.76. The van der Waals surface area contributed by atoms with Crippen LogP contribution in [0.15, 0.2) is 121 Å². The van der Waals surface area contributed by atoms with Crippen molar-refractivity contribution in [1.29, 1.82) is 0 Å². The molecular weight excluding hydrogens is 558 g/mol. The molecule has 0 fully saturated rings. The van der Waals surface area contributed by atoms with Gasteiger partial charge in [-0.25, -0.2) is 0 Å². The van der Waals surface area contributed by atoms with E-state index in [1.807, 2.05) is 0 Å². The van der Waals surface area contributed by atoms with Crippen LogP contribution in [0.1, 0.15) is 72.1 Å². The molecule has 0 aliphatic rings. The summed E-state index contributed by atoms with van der Waals surface area (Å²) in [5, 5.41) is 7.83. The third kappa shape index (κ3) is 5.71. The molecule has 3 heteroatoms. The van der Waals surface area contributed by atoms with Crippen LogP contribution in [0.5, 0.6) is 0 Å². The summed E-state index contributed by atoms with van der Waals surface area (Å²) < 4.78 is 4.91. The lowest BCUT2D eigenvalue weighted by Gasteiger charge is -2.26. The van der Waals surface area contributed by atoms with Crippen molar-refractivity contribution in [1.82, 2.24) is 9.13 Å². The van der Waals surface area contributed by atoms with E-state index >= 15 is 0 Å². The maximum Gasteiger partial charge on any atom is 0.0697 e. The Labute approximate surface area is 274 Å². The summed E-state index contributed by atoms with van der Waals surface area (Å²) >= 11 is 0. The number of benzene rings is 4. The van der Waals surface area contributed by atoms with E-state index in [2.05, 4.69) is 172 Å². The molecule has 0 aliphatic heterocycles. The van der Waals surface area contributed by atoms with Crippen LogP contribution in [-0.4, -0.2) is 15.7 Å². The van der Waals surface area contributed by atoms with Crippen molar-refractivity contribution in [3.05, 3.63) is 132 Å². The highest BCUT2D eigenvalue weighted by molar-refractivity contribution is 6.10. The standard InChI is InChI=1S/C43H47N3/c1-8-18-39-42(44-26-17-19-31(5)27-30(3)4)41-36(43(6,7)9-2)28-33(29-40(41)45(39)32-20-11-10-12-21-32)46-37-24-15-13-22-34(37)35-23-14-16-25-38(35)46/h8,10-16,18,20-25,27-29,44H,3,9,17,19,26H2,1-2,4-7H3/b18-8-,31-27-. The van der Waals surface area contributed by atoms with Crippen molar-refractivity contribution in [3.63, 3.8) is 0 Å². The fraction of sp³-hybridized carbons (Fsp3) is 0.256. The lowest BCUT2D eigenvalue weighted by Crippen LogP contribution is -2.17. The number of hydrogen-bond acceptors (Lipinski definition) is 1. The second kappa shape index (κ2) is 12.9. The van der Waals surface area contributed by atoms with Crippen LogP contribution in [0.2, 0.25) is 0 Å². The highest BCUT2D eigenvalue weighted by Crippen LogP contribution is 2.44. The average Bonchev–Trinajstić information content (AvgIpc) is 3.55. The number of rotatable bonds is 11. The van der Waals surface area contributed by atoms with Gasteiger partial charge in [0.2, 0.25) is 0 Å². The second-order valence-electron chi connectivity index (χ2n) is 13.3. The van der Waals surface area contributed by atoms with E-state index < -0.39 is 0 Å². The van der Waals surface area contributed by atoms with E-state index in [0.717, 1.165) is 37.1 Å². The molecule has 46 heavy (non-hydrogen) atoms. The highest BCUT2D eigenvalue weighted by atomic mass is 15.0. The molecular formula is C43H47N3. The topological polar surface area (TPSA) is 21.9 Å². The van der Waals surface area contributed by atoms with Crippen molar-refractivity contribution in [2.75, 3.05) is 11.9 Å². The molecule has 4 aromatic carbocycles. The minimum Gasteiger partial charge on any atom is -0.383 e. The van der Waals surface area contributed by atoms with Crippen molar-refractivity contribution >= 4 is 44.5 Å². The summed E-state index contributed by atoms with van der Waals surface area (Å²) in [7, 11) is 0. The Morgan fingerprint density at radius 3 is 2.04 bits per heavy atom. The molecule has 0 saturated carbocycles. The minimum absolute atomic E-state index is 0.0552. The zero-order chi connectivity index (χ0) is 32.4. The van der Waals surface area contributed by atoms with Crippen LogP contribution in [0.3, 0.4) is 0 Å². The molecule has 2 heterocycles. The van der Waals surface area contributed by atoms with E-state index in [4.69, 9.17) is 0 Å². The first-order valence-corrected chi connectivity index (χ1v) is 16.7. The van der Waals surface area contributed by atoms with Crippen molar-refractivity contribution in [2.45, 2.75) is 66.2 Å². The highest BCUT2D eigenvalue weighted by Gasteiger charge is 2.28. The molecule has 0 atom stereocenters. The van der Waals surface area contributed by atoms with Gasteiger partial charge in [-0.15, -0.1) is 0 Å². The number of allylic oxidation sites excluding steroid dienone is 4. The van der Waals surface area contributed by atoms with Gasteiger partial charge >= 0.3 is 0 Å². The second-order valence-corrected chi connectivity index (χ2v) is 13.3. The van der Waals surface area contributed by atoms with Crippen LogP contribution in [0, 0.1) is 0 Å². The minimum atomic E-state index is -0.0552. The summed E-state index contributed by atoms with van der Waals surface area (Å²) in [6, 6.07) is 33.3. The fourth-order valence-electron chi connectivity index (χ4n) is 6.90. The van der Waals surface area contributed by atoms with E-state index in [1.54, 1.807) is 0 Å². The van der Waals surface area contributed by atoms with E-state index in [1.165, 1.54) is 60.9 Å². The number of fused-ring (bicyclic) bond motifs is 4. The largest absolute Gasteiger partial charge is 0.383 e. The molecule has 2 aromatic heterocycles. The van der Waals surface area contributed by atoms with Crippen LogP contribution >= 0.6 is 0 Å². The quantitative estimate of drug-likeness (QED) is 0.115. The van der Waals surface area contributed by atoms with Gasteiger partial charge < -0.3 is 14.5 Å². The molecule has 234 valence electrons. The number of anilines is 1. The van der Waals surface area contributed by atoms with Crippen molar-refractivity contribution < 1.29 is 0 Å². The Kier molecular flexibility index (Phi) is 8.77. The lowest BCUT2D eigenvalue weighted by atomic mass is 9.80. The first kappa shape index (κ1) is 31.2. The molecule has 0 aliphatic carbocycles. The number of para-hydroxylation sites is 3. The molecule has 3 nitrogen and oxygen atoms in total. The van der Waals surface area contributed by atoms with Gasteiger partial charge in [-0.1, -0.05) is 105 Å². The Balaban J connectivity index is 1.66. The van der Waals surface area contributed by atoms with Crippen LogP contribution in [-0.2, 0) is 5.41 Å². The van der Waals surface area contributed by atoms with Gasteiger partial charge in [0.05, 0.1) is 27.9 Å². The van der Waals surface area contributed by atoms with E-state index in [0.29, 0.717) is 0 Å². The van der Waals surface area contributed by atoms with Gasteiger partial charge in [-0.2, -0.15) is 0 Å². The fourth-order valence-corrected chi connectivity index (χ4v) is 6.90. The monoisotopic (exact) mass is 605 g/mol. The first-order valence-electron chi connectivity index (χ1n) is 16.7. The van der Waals surface area contributed by atoms with E-state index in [-0.39, 0.29) is 5.41 Å². The third-order valence-corrected chi connectivity index (χ3v) is 9.42. The Morgan fingerprint density at radius 2 is 1.43 bits per heavy atom. The predicted octanol–water partition coefficient (Wildman–Crippen LogP) is 12.2. The Bertz CT molecular complexity index is 2040. The van der Waals surface area contributed by atoms with Crippen molar-refractivity contribution in [2.24, 2.45) is 0 Å². The molecule has 0 bridgehead atoms. The van der Waals surface area contributed by atoms with Gasteiger partial charge in [0, 0.05) is 34.1 Å². The van der Waals surface area contributed by atoms with Gasteiger partial charge in [0.25, 0.3) is 0 Å². The zero-order valence-corrected chi connectivity index (χ0v) is 28.3. The molecule has 0 unspecified atom stereocenters. The number of nitrogens with one attached hydrogen (secondary N) is 1. The smallest absolute Gasteiger partial charge is 0.0697 e. The molecule has 1 N–H and O–H groups in total. The molecule has 0 spiro atoms. The predicted molar refractivity (Wildman–Crippen MR) is 202 cm³/mol. The van der Waals surface area contributed by atoms with Crippen LogP contribution in [0.25, 0.3) is 50.2 Å². The number of aromatic nitrogens is 2. The zero-order valence-electron chi connectivity index (χ0n) is 28.3. The lowest BCUT2D eigenvalue weighted by molar-refractivity contribution is 0.510. The van der Waals surface area contributed by atoms with Crippen LogP contribution < -0.4 is 5.32 Å². The van der Waals surface area contributed by atoms with Crippen LogP contribution in [0.4, 0.5) is 5.69 Å². The SMILES string of the molecule is C=C(C)/C=C(/C)CCCNc1c(/C=C\C)n(-c2ccccc2)c2cc(-n3c4ccccc4c4ccccc43)cc(C(C)(C)CC)c12. The molecule has 6 rings (SSSR count). The average molecular weight is 606 g/mol. The summed E-state index contributed by atoms with van der Waals surface area (Å²) in [6.07, 6.45) is 9.75. The molecule has 0 saturated heterocycles. The van der Waals surface area contributed by atoms with Gasteiger partial charge in [0.1, 0.15) is 0 Å². The maximum absolute atomic E-state index is 4.06. The molecule has 6 aromatic rings. The van der Waals surface area contributed by atoms with Gasteiger partial charge in [-0.05, 0) is 93.5 Å². The van der Waals surface area contributed by atoms with Gasteiger partial charge in [0.15, 0.2) is 0 Å². The normalized spacial score (nSPS) is 12.6. The first-order chi connectivity index (χ1) is 22.2. The van der Waals surface area contributed by atoms with E-state index in [9.17, 15) is 0 Å². The third-order valence-electron chi connectivity index (χ3n) is 9.42. The number of hydrogen-bond donors (Lipinski definition) is 1. The molecule has 0 amide bonds. The summed E-state index contributed by atoms with van der Waals surface area (Å²) in [4.78, 5) is 0. The van der Waals surface area contributed by atoms with Crippen molar-refractivity contribution in [3.8, 4) is 11.4 Å². The number of nitrogens with zero attached hydrogens (tertiary/aromatic N) is 2. The molecule has 0 radical (unpaired) electrons. The van der Waals surface area contributed by atoms with Gasteiger partial charge in [-0.3, -0.25) is 0 Å². The maximum atomic E-state index is 4.06. The summed E-state index contributed by atoms with van der Waals surface area (Å²) in [5.41, 5.74) is 12.2. The summed E-state index contributed by atoms with van der Waals surface area (Å²) in [5.74, 6) is 0. The Morgan fingerprint density at radius 1 is 0.804 bits per heavy atom.